The van der Waals surface area contributed by atoms with Crippen molar-refractivity contribution >= 4 is 11.7 Å². The minimum atomic E-state index is -0.287. The van der Waals surface area contributed by atoms with Crippen LogP contribution in [-0.2, 0) is 9.59 Å². The second kappa shape index (κ2) is 2.63. The predicted octanol–water partition coefficient (Wildman–Crippen LogP) is 1.66. The zero-order chi connectivity index (χ0) is 11.5. The quantitative estimate of drug-likeness (QED) is 0.714. The molecule has 1 N–H and O–H groups in total. The van der Waals surface area contributed by atoms with Crippen LogP contribution in [-0.4, -0.2) is 17.2 Å². The molecule has 0 radical (unpaired) electrons. The molecule has 15 heavy (non-hydrogen) atoms. The summed E-state index contributed by atoms with van der Waals surface area (Å²) in [5.41, 5.74) is -0.650. The first-order valence-electron chi connectivity index (χ1n) is 5.57. The van der Waals surface area contributed by atoms with Crippen LogP contribution >= 0.6 is 0 Å². The summed E-state index contributed by atoms with van der Waals surface area (Å²) in [4.78, 5) is 23.3. The minimum Gasteiger partial charge on any atom is -0.350 e. The first-order chi connectivity index (χ1) is 6.75. The Bertz CT molecular complexity index is 344. The van der Waals surface area contributed by atoms with Gasteiger partial charge in [-0.2, -0.15) is 0 Å². The summed E-state index contributed by atoms with van der Waals surface area (Å²) in [5.74, 6) is 0.287. The predicted molar refractivity (Wildman–Crippen MR) is 57.3 cm³/mol. The fourth-order valence-electron chi connectivity index (χ4n) is 3.48. The zero-order valence-electron chi connectivity index (χ0n) is 9.94. The molecule has 2 bridgehead atoms. The van der Waals surface area contributed by atoms with Crippen molar-refractivity contribution in [3.63, 3.8) is 0 Å². The van der Waals surface area contributed by atoms with E-state index in [9.17, 15) is 9.59 Å². The van der Waals surface area contributed by atoms with Gasteiger partial charge in [0.15, 0.2) is 0 Å². The number of Topliss-reactive ketones (excluding diaryl/α,β-unsaturated/α-hetero) is 1. The number of nitrogens with one attached hydrogen (secondary N) is 1. The molecule has 84 valence electrons. The summed E-state index contributed by atoms with van der Waals surface area (Å²) in [5, 5.41) is 3.03. The summed E-state index contributed by atoms with van der Waals surface area (Å²) >= 11 is 0. The minimum absolute atomic E-state index is 0.0259. The molecule has 2 saturated carbocycles. The fourth-order valence-corrected chi connectivity index (χ4v) is 3.48. The average molecular weight is 209 g/mol. The highest BCUT2D eigenvalue weighted by Crippen LogP contribution is 2.65. The number of amides is 1. The highest BCUT2D eigenvalue weighted by atomic mass is 16.2. The molecule has 0 spiro atoms. The fraction of sp³-hybridized carbons (Fsp3) is 0.833. The van der Waals surface area contributed by atoms with E-state index in [1.165, 1.54) is 6.92 Å². The molecular weight excluding hydrogens is 190 g/mol. The number of fused-ring (bicyclic) bond motifs is 2. The molecule has 0 saturated heterocycles. The second-order valence-electron chi connectivity index (χ2n) is 5.82. The average Bonchev–Trinajstić information content (AvgIpc) is 2.33. The maximum absolute atomic E-state index is 12.0. The van der Waals surface area contributed by atoms with E-state index in [2.05, 4.69) is 19.2 Å². The van der Waals surface area contributed by atoms with Crippen molar-refractivity contribution in [2.45, 2.75) is 52.5 Å². The van der Waals surface area contributed by atoms with Crippen LogP contribution in [0.5, 0.6) is 0 Å². The Kier molecular flexibility index (Phi) is 1.87. The molecule has 3 nitrogen and oxygen atoms in total. The van der Waals surface area contributed by atoms with E-state index in [1.54, 1.807) is 0 Å². The van der Waals surface area contributed by atoms with Gasteiger partial charge in [-0.3, -0.25) is 9.59 Å². The summed E-state index contributed by atoms with van der Waals surface area (Å²) in [6.45, 7) is 7.80. The van der Waals surface area contributed by atoms with Crippen LogP contribution in [0.2, 0.25) is 0 Å². The molecule has 0 aromatic heterocycles. The van der Waals surface area contributed by atoms with E-state index in [0.717, 1.165) is 12.8 Å². The summed E-state index contributed by atoms with van der Waals surface area (Å²) in [6, 6.07) is 0. The van der Waals surface area contributed by atoms with Crippen molar-refractivity contribution in [1.29, 1.82) is 0 Å². The number of carbonyl (C=O) groups excluding carboxylic acids is 2. The third-order valence-electron chi connectivity index (χ3n) is 5.12. The van der Waals surface area contributed by atoms with Crippen LogP contribution in [0.1, 0.15) is 47.0 Å². The van der Waals surface area contributed by atoms with Crippen LogP contribution in [0.3, 0.4) is 0 Å². The smallest absolute Gasteiger partial charge is 0.217 e. The summed E-state index contributed by atoms with van der Waals surface area (Å²) in [7, 11) is 0. The van der Waals surface area contributed by atoms with Crippen LogP contribution in [0.15, 0.2) is 0 Å². The standard InChI is InChI=1S/C12H19NO2/c1-8(14)13-12-6-5-11(4,9(15)7-12)10(12,2)3/h5-7H2,1-4H3,(H,13,14)/t11-,12+/m1/s1. The SMILES string of the molecule is CC(=O)N[C@@]12CC[C@](C)(C(=O)C1)C2(C)C. The lowest BCUT2D eigenvalue weighted by Crippen LogP contribution is -2.53. The van der Waals surface area contributed by atoms with Crippen molar-refractivity contribution in [2.75, 3.05) is 0 Å². The van der Waals surface area contributed by atoms with E-state index in [-0.39, 0.29) is 22.3 Å². The van der Waals surface area contributed by atoms with Crippen molar-refractivity contribution in [2.24, 2.45) is 10.8 Å². The number of ketones is 1. The van der Waals surface area contributed by atoms with Gasteiger partial charge in [0, 0.05) is 24.2 Å². The molecule has 3 heteroatoms. The van der Waals surface area contributed by atoms with E-state index in [1.807, 2.05) is 6.92 Å². The van der Waals surface area contributed by atoms with Crippen LogP contribution < -0.4 is 5.32 Å². The van der Waals surface area contributed by atoms with Gasteiger partial charge in [0.25, 0.3) is 0 Å². The van der Waals surface area contributed by atoms with Gasteiger partial charge in [-0.05, 0) is 12.8 Å². The van der Waals surface area contributed by atoms with Gasteiger partial charge in [0.1, 0.15) is 5.78 Å². The largest absolute Gasteiger partial charge is 0.350 e. The number of hydrogen-bond donors (Lipinski definition) is 1. The monoisotopic (exact) mass is 209 g/mol. The lowest BCUT2D eigenvalue weighted by molar-refractivity contribution is -0.128. The molecule has 0 aromatic carbocycles. The normalized spacial score (nSPS) is 42.0. The molecule has 0 unspecified atom stereocenters. The number of hydrogen-bond acceptors (Lipinski definition) is 2. The van der Waals surface area contributed by atoms with E-state index in [0.29, 0.717) is 12.2 Å². The molecular formula is C12H19NO2. The number of rotatable bonds is 1. The molecule has 2 aliphatic carbocycles. The molecule has 2 aliphatic rings. The van der Waals surface area contributed by atoms with Gasteiger partial charge in [-0.1, -0.05) is 20.8 Å². The lowest BCUT2D eigenvalue weighted by Gasteiger charge is -2.40. The third kappa shape index (κ3) is 1.01. The Balaban J connectivity index is 2.44. The molecule has 0 aromatic rings. The first kappa shape index (κ1) is 10.7. The number of carbonyl (C=O) groups is 2. The Labute approximate surface area is 90.6 Å². The Hall–Kier alpha value is -0.860. The van der Waals surface area contributed by atoms with Crippen molar-refractivity contribution in [1.82, 2.24) is 5.32 Å². The van der Waals surface area contributed by atoms with Gasteiger partial charge in [0.05, 0.1) is 5.54 Å². The van der Waals surface area contributed by atoms with Crippen LogP contribution in [0.25, 0.3) is 0 Å². The highest BCUT2D eigenvalue weighted by molar-refractivity contribution is 5.92. The molecule has 2 atom stereocenters. The topological polar surface area (TPSA) is 46.2 Å². The molecule has 0 heterocycles. The highest BCUT2D eigenvalue weighted by Gasteiger charge is 2.69. The lowest BCUT2D eigenvalue weighted by atomic mass is 9.68. The third-order valence-corrected chi connectivity index (χ3v) is 5.12. The molecule has 2 rings (SSSR count). The van der Waals surface area contributed by atoms with E-state index in [4.69, 9.17) is 0 Å². The zero-order valence-corrected chi connectivity index (χ0v) is 9.94. The molecule has 0 aliphatic heterocycles. The van der Waals surface area contributed by atoms with Crippen molar-refractivity contribution in [3.8, 4) is 0 Å². The van der Waals surface area contributed by atoms with Gasteiger partial charge in [0.2, 0.25) is 5.91 Å². The first-order valence-corrected chi connectivity index (χ1v) is 5.57. The maximum atomic E-state index is 12.0. The Morgan fingerprint density at radius 1 is 1.27 bits per heavy atom. The van der Waals surface area contributed by atoms with Crippen molar-refractivity contribution in [3.05, 3.63) is 0 Å². The molecule has 1 amide bonds. The van der Waals surface area contributed by atoms with Crippen molar-refractivity contribution < 1.29 is 9.59 Å². The van der Waals surface area contributed by atoms with Crippen LogP contribution in [0.4, 0.5) is 0 Å². The van der Waals surface area contributed by atoms with Crippen LogP contribution in [0, 0.1) is 10.8 Å². The van der Waals surface area contributed by atoms with E-state index < -0.39 is 0 Å². The second-order valence-corrected chi connectivity index (χ2v) is 5.82. The van der Waals surface area contributed by atoms with Gasteiger partial charge >= 0.3 is 0 Å². The summed E-state index contributed by atoms with van der Waals surface area (Å²) in [6.07, 6.45) is 2.34. The van der Waals surface area contributed by atoms with E-state index >= 15 is 0 Å². The van der Waals surface area contributed by atoms with Gasteiger partial charge in [-0.25, -0.2) is 0 Å². The van der Waals surface area contributed by atoms with Gasteiger partial charge in [-0.15, -0.1) is 0 Å². The summed E-state index contributed by atoms with van der Waals surface area (Å²) < 4.78 is 0. The maximum Gasteiger partial charge on any atom is 0.217 e. The molecule has 2 fully saturated rings. The van der Waals surface area contributed by atoms with Gasteiger partial charge < -0.3 is 5.32 Å². The Morgan fingerprint density at radius 2 is 1.87 bits per heavy atom. The Morgan fingerprint density at radius 3 is 2.20 bits per heavy atom.